The van der Waals surface area contributed by atoms with Gasteiger partial charge in [0, 0.05) is 12.1 Å². The minimum Gasteiger partial charge on any atom is -0.376 e. The second-order valence-electron chi connectivity index (χ2n) is 6.18. The first-order valence-electron chi connectivity index (χ1n) is 8.60. The lowest BCUT2D eigenvalue weighted by Gasteiger charge is -2.18. The largest absolute Gasteiger partial charge is 0.376 e. The van der Waals surface area contributed by atoms with Gasteiger partial charge >= 0.3 is 0 Å². The van der Waals surface area contributed by atoms with Gasteiger partial charge in [0.05, 0.1) is 17.4 Å². The molecule has 1 N–H and O–H groups in total. The van der Waals surface area contributed by atoms with Crippen LogP contribution in [0, 0.1) is 0 Å². The summed E-state index contributed by atoms with van der Waals surface area (Å²) in [6.45, 7) is 0. The smallest absolute Gasteiger partial charge is 0.0864 e. The number of allylic oxidation sites excluding steroid dienone is 1. The fraction of sp³-hybridized carbons (Fsp3) is 0.0870. The number of anilines is 1. The summed E-state index contributed by atoms with van der Waals surface area (Å²) in [7, 11) is 0. The van der Waals surface area contributed by atoms with E-state index in [1.807, 2.05) is 18.2 Å². The minimum absolute atomic E-state index is 0.212. The minimum atomic E-state index is 0.212. The third-order valence-corrected chi connectivity index (χ3v) is 4.38. The summed E-state index contributed by atoms with van der Waals surface area (Å²) in [6.07, 6.45) is 5.12. The summed E-state index contributed by atoms with van der Waals surface area (Å²) in [5, 5.41) is 3.66. The Morgan fingerprint density at radius 2 is 1.44 bits per heavy atom. The molecule has 0 aromatic heterocycles. The zero-order valence-electron chi connectivity index (χ0n) is 14.0. The van der Waals surface area contributed by atoms with Crippen molar-refractivity contribution in [3.8, 4) is 0 Å². The average molecular weight is 324 g/mol. The Bertz CT molecular complexity index is 896. The highest BCUT2D eigenvalue weighted by Crippen LogP contribution is 2.34. The molecular formula is C23H20N2. The third-order valence-electron chi connectivity index (χ3n) is 4.38. The van der Waals surface area contributed by atoms with Gasteiger partial charge in [-0.1, -0.05) is 78.9 Å². The second-order valence-corrected chi connectivity index (χ2v) is 6.18. The molecule has 1 atom stereocenters. The molecule has 2 heteroatoms. The van der Waals surface area contributed by atoms with Gasteiger partial charge in [-0.2, -0.15) is 0 Å². The fourth-order valence-corrected chi connectivity index (χ4v) is 3.09. The summed E-state index contributed by atoms with van der Waals surface area (Å²) in [6, 6.07) is 29.4. The molecule has 0 bridgehead atoms. The first-order valence-corrected chi connectivity index (χ1v) is 8.60. The van der Waals surface area contributed by atoms with Crippen LogP contribution in [0.2, 0.25) is 0 Å². The van der Waals surface area contributed by atoms with Gasteiger partial charge in [-0.05, 0) is 29.3 Å². The van der Waals surface area contributed by atoms with Crippen LogP contribution in [-0.4, -0.2) is 5.71 Å². The molecule has 1 heterocycles. The Morgan fingerprint density at radius 3 is 2.24 bits per heavy atom. The monoisotopic (exact) mass is 324 g/mol. The Balaban J connectivity index is 1.69. The molecule has 2 nitrogen and oxygen atoms in total. The van der Waals surface area contributed by atoms with Crippen LogP contribution < -0.4 is 5.32 Å². The van der Waals surface area contributed by atoms with E-state index in [9.17, 15) is 0 Å². The lowest BCUT2D eigenvalue weighted by molar-refractivity contribution is 0.830. The van der Waals surface area contributed by atoms with Crippen LogP contribution in [0.1, 0.15) is 23.6 Å². The summed E-state index contributed by atoms with van der Waals surface area (Å²) in [4.78, 5) is 4.90. The number of benzene rings is 3. The molecule has 0 spiro atoms. The molecular weight excluding hydrogens is 304 g/mol. The zero-order chi connectivity index (χ0) is 16.9. The number of nitrogens with one attached hydrogen (secondary N) is 1. The van der Waals surface area contributed by atoms with E-state index in [4.69, 9.17) is 4.99 Å². The van der Waals surface area contributed by atoms with Gasteiger partial charge in [-0.15, -0.1) is 0 Å². The molecule has 0 amide bonds. The van der Waals surface area contributed by atoms with E-state index in [1.165, 1.54) is 11.1 Å². The van der Waals surface area contributed by atoms with Gasteiger partial charge in [0.15, 0.2) is 0 Å². The van der Waals surface area contributed by atoms with E-state index in [-0.39, 0.29) is 6.04 Å². The van der Waals surface area contributed by atoms with Gasteiger partial charge in [0.1, 0.15) is 0 Å². The van der Waals surface area contributed by atoms with Crippen LogP contribution in [0.5, 0.6) is 0 Å². The molecule has 0 aliphatic carbocycles. The molecule has 0 unspecified atom stereocenters. The molecule has 1 aliphatic heterocycles. The number of aliphatic imine (C=N–C) groups is 1. The topological polar surface area (TPSA) is 24.4 Å². The molecule has 0 saturated carbocycles. The van der Waals surface area contributed by atoms with Crippen molar-refractivity contribution in [2.45, 2.75) is 12.5 Å². The highest BCUT2D eigenvalue weighted by molar-refractivity contribution is 6.02. The van der Waals surface area contributed by atoms with Crippen LogP contribution >= 0.6 is 0 Å². The van der Waals surface area contributed by atoms with Gasteiger partial charge in [-0.25, -0.2) is 0 Å². The summed E-state index contributed by atoms with van der Waals surface area (Å²) in [5.41, 5.74) is 5.62. The van der Waals surface area contributed by atoms with Crippen LogP contribution in [-0.2, 0) is 0 Å². The van der Waals surface area contributed by atoms with E-state index in [0.29, 0.717) is 0 Å². The van der Waals surface area contributed by atoms with E-state index in [1.54, 1.807) is 0 Å². The molecule has 1 aliphatic rings. The summed E-state index contributed by atoms with van der Waals surface area (Å²) >= 11 is 0. The van der Waals surface area contributed by atoms with Crippen molar-refractivity contribution < 1.29 is 0 Å². The molecule has 0 fully saturated rings. The average Bonchev–Trinajstić information content (AvgIpc) is 2.87. The summed E-state index contributed by atoms with van der Waals surface area (Å²) < 4.78 is 0. The molecule has 3 aromatic rings. The number of rotatable bonds is 3. The number of para-hydroxylation sites is 2. The maximum Gasteiger partial charge on any atom is 0.0864 e. The van der Waals surface area contributed by atoms with Crippen molar-refractivity contribution in [2.75, 3.05) is 5.32 Å². The zero-order valence-corrected chi connectivity index (χ0v) is 14.0. The molecule has 122 valence electrons. The van der Waals surface area contributed by atoms with Gasteiger partial charge in [-0.3, -0.25) is 4.99 Å². The third kappa shape index (κ3) is 3.69. The Morgan fingerprint density at radius 1 is 0.760 bits per heavy atom. The van der Waals surface area contributed by atoms with Crippen molar-refractivity contribution in [1.29, 1.82) is 0 Å². The van der Waals surface area contributed by atoms with Gasteiger partial charge < -0.3 is 5.32 Å². The maximum atomic E-state index is 4.90. The van der Waals surface area contributed by atoms with Gasteiger partial charge in [0.2, 0.25) is 0 Å². The Labute approximate surface area is 148 Å². The molecule has 25 heavy (non-hydrogen) atoms. The lowest BCUT2D eigenvalue weighted by atomic mass is 10.0. The molecule has 0 saturated heterocycles. The highest BCUT2D eigenvalue weighted by atomic mass is 15.0. The predicted molar refractivity (Wildman–Crippen MR) is 106 cm³/mol. The normalized spacial score (nSPS) is 16.6. The number of fused-ring (bicyclic) bond motifs is 1. The van der Waals surface area contributed by atoms with Gasteiger partial charge in [0.25, 0.3) is 0 Å². The fourth-order valence-electron chi connectivity index (χ4n) is 3.09. The lowest BCUT2D eigenvalue weighted by Crippen LogP contribution is -2.12. The van der Waals surface area contributed by atoms with E-state index in [0.717, 1.165) is 23.5 Å². The second kappa shape index (κ2) is 7.18. The van der Waals surface area contributed by atoms with Crippen molar-refractivity contribution in [1.82, 2.24) is 0 Å². The highest BCUT2D eigenvalue weighted by Gasteiger charge is 2.18. The van der Waals surface area contributed by atoms with Crippen molar-refractivity contribution >= 4 is 23.2 Å². The first kappa shape index (κ1) is 15.4. The Hall–Kier alpha value is -3.13. The number of hydrogen-bond donors (Lipinski definition) is 1. The van der Waals surface area contributed by atoms with E-state index >= 15 is 0 Å². The Kier molecular flexibility index (Phi) is 4.42. The molecule has 0 radical (unpaired) electrons. The van der Waals surface area contributed by atoms with Crippen LogP contribution in [0.4, 0.5) is 11.4 Å². The quantitative estimate of drug-likeness (QED) is 0.625. The van der Waals surface area contributed by atoms with Crippen LogP contribution in [0.25, 0.3) is 6.08 Å². The van der Waals surface area contributed by atoms with Crippen LogP contribution in [0.15, 0.2) is 96.0 Å². The van der Waals surface area contributed by atoms with Crippen molar-refractivity contribution in [3.05, 3.63) is 102 Å². The predicted octanol–water partition coefficient (Wildman–Crippen LogP) is 6.03. The molecule has 3 aromatic carbocycles. The van der Waals surface area contributed by atoms with Crippen molar-refractivity contribution in [3.63, 3.8) is 0 Å². The van der Waals surface area contributed by atoms with E-state index in [2.05, 4.69) is 84.2 Å². The van der Waals surface area contributed by atoms with Crippen molar-refractivity contribution in [2.24, 2.45) is 4.99 Å². The SMILES string of the molecule is C(=C\c1ccccc1)/C1=Nc2ccccc2N[C@@H](c2ccccc2)C1. The number of hydrogen-bond acceptors (Lipinski definition) is 2. The summed E-state index contributed by atoms with van der Waals surface area (Å²) in [5.74, 6) is 0. The van der Waals surface area contributed by atoms with Crippen LogP contribution in [0.3, 0.4) is 0 Å². The van der Waals surface area contributed by atoms with E-state index < -0.39 is 0 Å². The number of nitrogens with zero attached hydrogens (tertiary/aromatic N) is 1. The molecule has 4 rings (SSSR count). The maximum absolute atomic E-state index is 4.90. The standard InChI is InChI=1S/C23H20N2/c1-3-9-18(10-4-1)15-16-20-17-23(19-11-5-2-6-12-19)25-22-14-8-7-13-21(22)24-20/h1-16,23,25H,17H2/b16-15+/t23-/m1/s1. The first-order chi connectivity index (χ1) is 12.4.